The molecule has 0 heterocycles. The van der Waals surface area contributed by atoms with Crippen LogP contribution in [0.3, 0.4) is 0 Å². The number of hydrogen-bond donors (Lipinski definition) is 1. The fraction of sp³-hybridized carbons (Fsp3) is 1.00. The van der Waals surface area contributed by atoms with Gasteiger partial charge in [0.05, 0.1) is 31.2 Å². The minimum atomic E-state index is -3.39. The average molecular weight is 793 g/mol. The van der Waals surface area contributed by atoms with Crippen molar-refractivity contribution in [3.05, 3.63) is 31.3 Å². The van der Waals surface area contributed by atoms with Crippen molar-refractivity contribution in [2.24, 2.45) is 61.7 Å². The van der Waals surface area contributed by atoms with Gasteiger partial charge >= 0.3 is 0 Å². The summed E-state index contributed by atoms with van der Waals surface area (Å²) in [5, 5.41) is 14.8. The molecule has 4 saturated carbocycles. The lowest BCUT2D eigenvalue weighted by Crippen LogP contribution is -2.63. The highest BCUT2D eigenvalue weighted by atomic mass is 32.2. The summed E-state index contributed by atoms with van der Waals surface area (Å²) >= 11 is 0. The number of nitrogens with zero attached hydrogens (tertiary/aromatic N) is 9. The molecular formula is C38H68N10O6S. The van der Waals surface area contributed by atoms with Crippen LogP contribution >= 0.6 is 0 Å². The van der Waals surface area contributed by atoms with Gasteiger partial charge in [0.2, 0.25) is 0 Å². The number of nitrogens with one attached hydrogen (secondary N) is 1. The monoisotopic (exact) mass is 793 g/mol. The van der Waals surface area contributed by atoms with Crippen molar-refractivity contribution >= 4 is 10.1 Å². The largest absolute Gasteiger partial charge is 0.378 e. The summed E-state index contributed by atoms with van der Waals surface area (Å²) in [6, 6.07) is 0. The minimum absolute atomic E-state index is 0.0196. The Bertz CT molecular complexity index is 1440. The highest BCUT2D eigenvalue weighted by molar-refractivity contribution is 7.85. The molecule has 4 aliphatic carbocycles. The van der Waals surface area contributed by atoms with Gasteiger partial charge in [0, 0.05) is 59.6 Å². The van der Waals surface area contributed by atoms with Gasteiger partial charge in [-0.1, -0.05) is 36.1 Å². The van der Waals surface area contributed by atoms with Crippen molar-refractivity contribution in [3.63, 3.8) is 0 Å². The van der Waals surface area contributed by atoms with Crippen LogP contribution in [-0.4, -0.2) is 92.1 Å². The van der Waals surface area contributed by atoms with Crippen LogP contribution in [0.1, 0.15) is 111 Å². The van der Waals surface area contributed by atoms with Crippen LogP contribution in [0.25, 0.3) is 31.3 Å². The molecule has 4 rings (SSSR count). The molecule has 4 aliphatic rings. The van der Waals surface area contributed by atoms with Gasteiger partial charge in [-0.25, -0.2) is 0 Å². The number of azide groups is 3. The fourth-order valence-corrected chi connectivity index (χ4v) is 11.7. The molecule has 3 unspecified atom stereocenters. The molecule has 0 radical (unpaired) electrons. The van der Waals surface area contributed by atoms with Gasteiger partial charge < -0.3 is 19.5 Å². The van der Waals surface area contributed by atoms with Crippen LogP contribution in [0.5, 0.6) is 0 Å². The summed E-state index contributed by atoms with van der Waals surface area (Å²) in [5.74, 6) is 2.81. The van der Waals surface area contributed by atoms with E-state index in [9.17, 15) is 8.42 Å². The van der Waals surface area contributed by atoms with E-state index < -0.39 is 10.1 Å². The first-order valence-corrected chi connectivity index (χ1v) is 22.7. The van der Waals surface area contributed by atoms with Gasteiger partial charge in [-0.15, -0.1) is 0 Å². The second kappa shape index (κ2) is 22.6. The molecule has 312 valence electrons. The van der Waals surface area contributed by atoms with Crippen LogP contribution in [0.15, 0.2) is 15.3 Å². The number of hydrogen-bond acceptors (Lipinski definition) is 10. The quantitative estimate of drug-likeness (QED) is 0.0293. The Morgan fingerprint density at radius 2 is 1.40 bits per heavy atom. The Hall–Kier alpha value is -2.32. The van der Waals surface area contributed by atoms with Crippen LogP contribution in [0.2, 0.25) is 0 Å². The molecule has 0 saturated heterocycles. The Balaban J connectivity index is 1.49. The van der Waals surface area contributed by atoms with Crippen LogP contribution < -0.4 is 5.32 Å². The van der Waals surface area contributed by atoms with Crippen molar-refractivity contribution in [1.29, 1.82) is 0 Å². The molecule has 0 aliphatic heterocycles. The van der Waals surface area contributed by atoms with Crippen molar-refractivity contribution < 1.29 is 26.8 Å². The lowest BCUT2D eigenvalue weighted by molar-refractivity contribution is -0.227. The number of rotatable bonds is 26. The minimum Gasteiger partial charge on any atom is -0.378 e. The molecular weight excluding hydrogens is 725 g/mol. The molecule has 4 fully saturated rings. The second-order valence-electron chi connectivity index (χ2n) is 17.1. The summed E-state index contributed by atoms with van der Waals surface area (Å²) in [7, 11) is -3.39. The zero-order valence-corrected chi connectivity index (χ0v) is 34.7. The van der Waals surface area contributed by atoms with E-state index >= 15 is 0 Å². The van der Waals surface area contributed by atoms with E-state index in [4.69, 9.17) is 35.0 Å². The van der Waals surface area contributed by atoms with E-state index in [1.165, 1.54) is 6.42 Å². The van der Waals surface area contributed by atoms with Gasteiger partial charge in [0.25, 0.3) is 10.1 Å². The molecule has 0 aromatic rings. The molecule has 0 aromatic heterocycles. The van der Waals surface area contributed by atoms with Crippen molar-refractivity contribution in [2.45, 2.75) is 129 Å². The first-order valence-electron chi connectivity index (χ1n) is 20.9. The fourth-order valence-electron chi connectivity index (χ4n) is 11.3. The van der Waals surface area contributed by atoms with E-state index in [0.717, 1.165) is 83.6 Å². The molecule has 0 bridgehead atoms. The van der Waals surface area contributed by atoms with E-state index in [0.29, 0.717) is 94.2 Å². The van der Waals surface area contributed by atoms with Crippen LogP contribution in [-0.2, 0) is 28.5 Å². The first-order chi connectivity index (χ1) is 26.5. The predicted molar refractivity (Wildman–Crippen MR) is 212 cm³/mol. The summed E-state index contributed by atoms with van der Waals surface area (Å²) < 4.78 is 47.5. The van der Waals surface area contributed by atoms with Gasteiger partial charge in [0.15, 0.2) is 0 Å². The third kappa shape index (κ3) is 12.6. The van der Waals surface area contributed by atoms with Crippen molar-refractivity contribution in [2.75, 3.05) is 65.4 Å². The van der Waals surface area contributed by atoms with Gasteiger partial charge in [-0.2, -0.15) is 8.42 Å². The summed E-state index contributed by atoms with van der Waals surface area (Å²) in [6.07, 6.45) is 14.9. The molecule has 16 nitrogen and oxygen atoms in total. The summed E-state index contributed by atoms with van der Waals surface area (Å²) in [6.45, 7) is 12.6. The second-order valence-corrected chi connectivity index (χ2v) is 18.7. The highest BCUT2D eigenvalue weighted by Crippen LogP contribution is 2.69. The Labute approximate surface area is 328 Å². The standard InChI is InChI=1S/C38H68N10O6S/c1-28(11-7-17-42-16-5-6-24-54-55(4,49)50)31-12-13-32-36-33(27-35(38(31,32)3)53-23-10-20-45-48-41)37(2)15-14-30(51-21-8-18-43-46-39)25-29(37)26-34(36)52-22-9-19-44-47-40/h28-36,42H,5-27H2,1-4H3/t28-,29?,30-,31?,32+,33+,34-,35+,36?,37+,38-/m1/s1. The molecule has 0 aromatic carbocycles. The summed E-state index contributed by atoms with van der Waals surface area (Å²) in [5.41, 5.74) is 26.5. The Morgan fingerprint density at radius 1 is 0.764 bits per heavy atom. The zero-order valence-electron chi connectivity index (χ0n) is 33.8. The topological polar surface area (TPSA) is 229 Å². The van der Waals surface area contributed by atoms with Crippen molar-refractivity contribution in [3.8, 4) is 0 Å². The van der Waals surface area contributed by atoms with Crippen LogP contribution in [0, 0.1) is 46.3 Å². The van der Waals surface area contributed by atoms with Gasteiger partial charge in [-0.05, 0) is 160 Å². The third-order valence-electron chi connectivity index (χ3n) is 13.9. The smallest absolute Gasteiger partial charge is 0.264 e. The number of unbranched alkanes of at least 4 members (excludes halogenated alkanes) is 1. The summed E-state index contributed by atoms with van der Waals surface area (Å²) in [4.78, 5) is 8.77. The number of ether oxygens (including phenoxy) is 3. The van der Waals surface area contributed by atoms with E-state index in [-0.39, 0.29) is 35.7 Å². The van der Waals surface area contributed by atoms with E-state index in [2.05, 4.69) is 56.2 Å². The molecule has 0 amide bonds. The Kier molecular flexibility index (Phi) is 18.6. The lowest BCUT2D eigenvalue weighted by Gasteiger charge is -2.65. The molecule has 0 spiro atoms. The molecule has 55 heavy (non-hydrogen) atoms. The third-order valence-corrected chi connectivity index (χ3v) is 14.5. The maximum absolute atomic E-state index is 11.2. The van der Waals surface area contributed by atoms with Crippen molar-refractivity contribution in [1.82, 2.24) is 5.32 Å². The predicted octanol–water partition coefficient (Wildman–Crippen LogP) is 8.88. The van der Waals surface area contributed by atoms with Gasteiger partial charge in [-0.3, -0.25) is 4.18 Å². The molecule has 1 N–H and O–H groups in total. The van der Waals surface area contributed by atoms with Gasteiger partial charge in [0.1, 0.15) is 0 Å². The zero-order chi connectivity index (χ0) is 39.7. The van der Waals surface area contributed by atoms with E-state index in [1.54, 1.807) is 0 Å². The average Bonchev–Trinajstić information content (AvgIpc) is 3.51. The molecule has 17 heteroatoms. The number of fused-ring (bicyclic) bond motifs is 5. The normalized spacial score (nSPS) is 33.2. The van der Waals surface area contributed by atoms with E-state index in [1.807, 2.05) is 0 Å². The highest BCUT2D eigenvalue weighted by Gasteiger charge is 2.66. The maximum atomic E-state index is 11.2. The Morgan fingerprint density at radius 3 is 2.05 bits per heavy atom. The maximum Gasteiger partial charge on any atom is 0.264 e. The first kappa shape index (κ1) is 45.4. The SMILES string of the molecule is C[C@H](CCCNCCCCOS(C)(=O)=O)C1CC[C@H]2C3[C@H](OCCCN=[N+]=[N-])CC4C[C@H](OCCCN=[N+]=[N-])CC[C@]4(C)[C@H]3C[C@H](OCCCN=[N+]=[N-])[C@]12C. The van der Waals surface area contributed by atoms with Crippen LogP contribution in [0.4, 0.5) is 0 Å². The molecule has 11 atom stereocenters. The lowest BCUT2D eigenvalue weighted by atomic mass is 9.43.